The lowest BCUT2D eigenvalue weighted by Gasteiger charge is -2.39. The van der Waals surface area contributed by atoms with Gasteiger partial charge in [0.15, 0.2) is 0 Å². The number of alkyl carbamates (subject to hydrolysis) is 1. The van der Waals surface area contributed by atoms with E-state index in [0.717, 1.165) is 0 Å². The van der Waals surface area contributed by atoms with Gasteiger partial charge in [-0.3, -0.25) is 0 Å². The Morgan fingerprint density at radius 2 is 2.16 bits per heavy atom. The molecule has 0 spiro atoms. The molecule has 0 saturated carbocycles. The number of rotatable bonds is 2. The number of benzene rings is 1. The highest BCUT2D eigenvalue weighted by Crippen LogP contribution is 2.40. The molecule has 0 radical (unpaired) electrons. The smallest absolute Gasteiger partial charge is 0.407 e. The maximum Gasteiger partial charge on any atom is 0.407 e. The van der Waals surface area contributed by atoms with E-state index < -0.39 is 6.09 Å². The van der Waals surface area contributed by atoms with Crippen molar-refractivity contribution >= 4 is 18.5 Å². The molecule has 1 N–H and O–H groups in total. The molecular weight excluding hydrogens is 273 g/mol. The summed E-state index contributed by atoms with van der Waals surface area (Å²) in [6.07, 6.45) is -0.495. The van der Waals surface area contributed by atoms with Crippen LogP contribution < -0.4 is 10.1 Å². The third-order valence-electron chi connectivity index (χ3n) is 3.12. The summed E-state index contributed by atoms with van der Waals surface area (Å²) in [7, 11) is 1.52. The quantitative estimate of drug-likeness (QED) is 0.910. The van der Waals surface area contributed by atoms with Crippen LogP contribution in [0.4, 0.5) is 9.18 Å². The van der Waals surface area contributed by atoms with Crippen molar-refractivity contribution in [1.29, 1.82) is 0 Å². The van der Waals surface area contributed by atoms with E-state index in [2.05, 4.69) is 5.32 Å². The predicted molar refractivity (Wildman–Crippen MR) is 71.2 cm³/mol. The SMILES string of the molecule is COc1ccc(F)cc1[C@@H]1NC(=O)OCC1(C)C.Cl. The van der Waals surface area contributed by atoms with Crippen molar-refractivity contribution in [1.82, 2.24) is 5.32 Å². The number of methoxy groups -OCH3 is 1. The van der Waals surface area contributed by atoms with Gasteiger partial charge in [0.05, 0.1) is 13.2 Å². The first-order chi connectivity index (χ1) is 8.44. The Bertz CT molecular complexity index is 479. The van der Waals surface area contributed by atoms with Gasteiger partial charge in [-0.05, 0) is 18.2 Å². The third kappa shape index (κ3) is 3.10. The normalized spacial score (nSPS) is 20.8. The second-order valence-electron chi connectivity index (χ2n) is 5.03. The minimum absolute atomic E-state index is 0. The lowest BCUT2D eigenvalue weighted by molar-refractivity contribution is 0.0380. The summed E-state index contributed by atoms with van der Waals surface area (Å²) in [5.41, 5.74) is 0.286. The summed E-state index contributed by atoms with van der Waals surface area (Å²) < 4.78 is 23.6. The molecule has 1 aliphatic rings. The lowest BCUT2D eigenvalue weighted by Crippen LogP contribution is -2.47. The van der Waals surface area contributed by atoms with Crippen LogP contribution in [0.3, 0.4) is 0 Å². The summed E-state index contributed by atoms with van der Waals surface area (Å²) in [5, 5.41) is 2.72. The Kier molecular flexibility index (Phi) is 4.63. The first kappa shape index (κ1) is 15.6. The van der Waals surface area contributed by atoms with Gasteiger partial charge in [-0.1, -0.05) is 13.8 Å². The summed E-state index contributed by atoms with van der Waals surface area (Å²) in [5.74, 6) is 0.194. The molecule has 106 valence electrons. The highest BCUT2D eigenvalue weighted by molar-refractivity contribution is 5.85. The largest absolute Gasteiger partial charge is 0.496 e. The zero-order chi connectivity index (χ0) is 13.3. The molecule has 1 amide bonds. The maximum absolute atomic E-state index is 13.4. The number of carbonyl (C=O) groups excluding carboxylic acids is 1. The van der Waals surface area contributed by atoms with Crippen LogP contribution in [0.1, 0.15) is 25.5 Å². The van der Waals surface area contributed by atoms with Crippen LogP contribution in [0, 0.1) is 11.2 Å². The van der Waals surface area contributed by atoms with Gasteiger partial charge in [-0.15, -0.1) is 12.4 Å². The maximum atomic E-state index is 13.4. The molecular formula is C13H17ClFNO3. The van der Waals surface area contributed by atoms with Gasteiger partial charge in [0, 0.05) is 11.0 Å². The minimum Gasteiger partial charge on any atom is -0.496 e. The van der Waals surface area contributed by atoms with E-state index in [1.807, 2.05) is 13.8 Å². The number of halogens is 2. The van der Waals surface area contributed by atoms with Crippen molar-refractivity contribution < 1.29 is 18.7 Å². The number of hydrogen-bond donors (Lipinski definition) is 1. The standard InChI is InChI=1S/C13H16FNO3.ClH/c1-13(2)7-18-12(16)15-11(13)9-6-8(14)4-5-10(9)17-3;/h4-6,11H,7H2,1-3H3,(H,15,16);1H/t11-;/m0./s1. The molecule has 2 rings (SSSR count). The highest BCUT2D eigenvalue weighted by Gasteiger charge is 2.39. The van der Waals surface area contributed by atoms with Crippen molar-refractivity contribution in [2.75, 3.05) is 13.7 Å². The fourth-order valence-electron chi connectivity index (χ4n) is 2.12. The fraction of sp³-hybridized carbons (Fsp3) is 0.462. The first-order valence-electron chi connectivity index (χ1n) is 5.71. The molecule has 0 bridgehead atoms. The molecule has 1 fully saturated rings. The molecule has 19 heavy (non-hydrogen) atoms. The lowest BCUT2D eigenvalue weighted by atomic mass is 9.80. The van der Waals surface area contributed by atoms with E-state index in [1.54, 1.807) is 6.07 Å². The van der Waals surface area contributed by atoms with Crippen molar-refractivity contribution in [3.05, 3.63) is 29.6 Å². The second kappa shape index (κ2) is 5.65. The Labute approximate surface area is 117 Å². The number of nitrogens with one attached hydrogen (secondary N) is 1. The van der Waals surface area contributed by atoms with Crippen LogP contribution in [-0.4, -0.2) is 19.8 Å². The Hall–Kier alpha value is -1.49. The van der Waals surface area contributed by atoms with E-state index >= 15 is 0 Å². The second-order valence-corrected chi connectivity index (χ2v) is 5.03. The van der Waals surface area contributed by atoms with Crippen molar-refractivity contribution in [2.24, 2.45) is 5.41 Å². The van der Waals surface area contributed by atoms with E-state index in [-0.39, 0.29) is 36.3 Å². The molecule has 1 aliphatic heterocycles. The summed E-state index contributed by atoms with van der Waals surface area (Å²) in [6.45, 7) is 4.17. The van der Waals surface area contributed by atoms with Crippen LogP contribution >= 0.6 is 12.4 Å². The van der Waals surface area contributed by atoms with Crippen LogP contribution in [0.25, 0.3) is 0 Å². The van der Waals surface area contributed by atoms with Crippen molar-refractivity contribution in [3.8, 4) is 5.75 Å². The Morgan fingerprint density at radius 3 is 2.79 bits per heavy atom. The first-order valence-corrected chi connectivity index (χ1v) is 5.71. The van der Waals surface area contributed by atoms with Crippen molar-refractivity contribution in [3.63, 3.8) is 0 Å². The molecule has 6 heteroatoms. The van der Waals surface area contributed by atoms with Gasteiger partial charge in [0.1, 0.15) is 18.2 Å². The molecule has 1 aromatic rings. The topological polar surface area (TPSA) is 47.6 Å². The fourth-order valence-corrected chi connectivity index (χ4v) is 2.12. The third-order valence-corrected chi connectivity index (χ3v) is 3.12. The summed E-state index contributed by atoms with van der Waals surface area (Å²) in [6, 6.07) is 3.93. The van der Waals surface area contributed by atoms with Crippen LogP contribution in [-0.2, 0) is 4.74 Å². The minimum atomic E-state index is -0.495. The molecule has 1 saturated heterocycles. The number of cyclic esters (lactones) is 1. The predicted octanol–water partition coefficient (Wildman–Crippen LogP) is 3.06. The average Bonchev–Trinajstić information content (AvgIpc) is 2.32. The van der Waals surface area contributed by atoms with E-state index in [0.29, 0.717) is 11.3 Å². The average molecular weight is 290 g/mol. The van der Waals surface area contributed by atoms with Crippen LogP contribution in [0.5, 0.6) is 5.75 Å². The number of carbonyl (C=O) groups is 1. The molecule has 0 unspecified atom stereocenters. The number of hydrogen-bond acceptors (Lipinski definition) is 3. The molecule has 4 nitrogen and oxygen atoms in total. The molecule has 1 atom stereocenters. The van der Waals surface area contributed by atoms with Crippen molar-refractivity contribution in [2.45, 2.75) is 19.9 Å². The van der Waals surface area contributed by atoms with Gasteiger partial charge in [-0.2, -0.15) is 0 Å². The summed E-state index contributed by atoms with van der Waals surface area (Å²) >= 11 is 0. The van der Waals surface area contributed by atoms with E-state index in [4.69, 9.17) is 9.47 Å². The molecule has 0 aliphatic carbocycles. The zero-order valence-electron chi connectivity index (χ0n) is 11.0. The number of ether oxygens (including phenoxy) is 2. The van der Waals surface area contributed by atoms with E-state index in [1.165, 1.54) is 19.2 Å². The van der Waals surface area contributed by atoms with Crippen LogP contribution in [0.15, 0.2) is 18.2 Å². The van der Waals surface area contributed by atoms with Gasteiger partial charge in [-0.25, -0.2) is 9.18 Å². The molecule has 1 aromatic carbocycles. The highest BCUT2D eigenvalue weighted by atomic mass is 35.5. The monoisotopic (exact) mass is 289 g/mol. The summed E-state index contributed by atoms with van der Waals surface area (Å²) in [4.78, 5) is 11.4. The van der Waals surface area contributed by atoms with Gasteiger partial charge >= 0.3 is 6.09 Å². The number of amides is 1. The molecule has 1 heterocycles. The van der Waals surface area contributed by atoms with E-state index in [9.17, 15) is 9.18 Å². The Balaban J connectivity index is 0.00000180. The van der Waals surface area contributed by atoms with Gasteiger partial charge < -0.3 is 14.8 Å². The van der Waals surface area contributed by atoms with Gasteiger partial charge in [0.2, 0.25) is 0 Å². The molecule has 0 aromatic heterocycles. The zero-order valence-corrected chi connectivity index (χ0v) is 11.8. The Morgan fingerprint density at radius 1 is 1.47 bits per heavy atom. The van der Waals surface area contributed by atoms with Gasteiger partial charge in [0.25, 0.3) is 0 Å². The van der Waals surface area contributed by atoms with Crippen LogP contribution in [0.2, 0.25) is 0 Å².